The van der Waals surface area contributed by atoms with Gasteiger partial charge in [-0.1, -0.05) is 12.1 Å². The Labute approximate surface area is 145 Å². The van der Waals surface area contributed by atoms with Gasteiger partial charge in [0, 0.05) is 26.2 Å². The number of nitrogens with zero attached hydrogens (tertiary/aromatic N) is 2. The van der Waals surface area contributed by atoms with E-state index in [1.807, 2.05) is 11.0 Å². The number of likely N-dealkylation sites (tertiary alicyclic amines) is 2. The van der Waals surface area contributed by atoms with Crippen molar-refractivity contribution in [2.24, 2.45) is 5.41 Å². The zero-order valence-electron chi connectivity index (χ0n) is 13.6. The fraction of sp³-hybridized carbons (Fsp3) is 0.421. The lowest BCUT2D eigenvalue weighted by atomic mass is 9.85. The van der Waals surface area contributed by atoms with Crippen LogP contribution in [0, 0.1) is 11.2 Å². The van der Waals surface area contributed by atoms with Crippen LogP contribution in [0.1, 0.15) is 24.0 Å². The molecule has 4 rings (SSSR count). The molecule has 2 aromatic rings. The molecule has 2 aliphatic rings. The topological polar surface area (TPSA) is 23.6 Å². The molecule has 2 saturated heterocycles. The summed E-state index contributed by atoms with van der Waals surface area (Å²) < 4.78 is 13.4. The minimum absolute atomic E-state index is 0.219. The summed E-state index contributed by atoms with van der Waals surface area (Å²) in [5.41, 5.74) is 1.98. The van der Waals surface area contributed by atoms with Crippen molar-refractivity contribution in [2.45, 2.75) is 25.9 Å². The predicted molar refractivity (Wildman–Crippen MR) is 93.1 cm³/mol. The zero-order valence-corrected chi connectivity index (χ0v) is 14.4. The summed E-state index contributed by atoms with van der Waals surface area (Å²) in [6, 6.07) is 8.71. The number of rotatable bonds is 4. The van der Waals surface area contributed by atoms with Crippen LogP contribution in [-0.2, 0) is 17.9 Å². The minimum Gasteiger partial charge on any atom is -0.338 e. The lowest BCUT2D eigenvalue weighted by molar-refractivity contribution is -0.136. The number of hydrogen-bond donors (Lipinski definition) is 0. The van der Waals surface area contributed by atoms with Gasteiger partial charge in [0.2, 0.25) is 5.91 Å². The van der Waals surface area contributed by atoms with E-state index in [-0.39, 0.29) is 17.1 Å². The van der Waals surface area contributed by atoms with Gasteiger partial charge in [0.1, 0.15) is 5.82 Å². The van der Waals surface area contributed by atoms with Crippen LogP contribution < -0.4 is 0 Å². The van der Waals surface area contributed by atoms with Gasteiger partial charge >= 0.3 is 0 Å². The average molecular weight is 344 g/mol. The molecule has 5 heteroatoms. The first kappa shape index (κ1) is 15.8. The summed E-state index contributed by atoms with van der Waals surface area (Å²) in [4.78, 5) is 17.3. The summed E-state index contributed by atoms with van der Waals surface area (Å²) in [5, 5.41) is 4.28. The lowest BCUT2D eigenvalue weighted by Crippen LogP contribution is -2.36. The normalized spacial score (nSPS) is 24.4. The standard InChI is InChI=1S/C19H21FN2OS/c20-17-3-1-2-15(10-17)12-22-8-6-19(18(22)23)5-7-21(14-19)11-16-4-9-24-13-16/h1-4,9-10,13H,5-8,11-12,14H2/t19-/m1/s1. The summed E-state index contributed by atoms with van der Waals surface area (Å²) in [7, 11) is 0. The van der Waals surface area contributed by atoms with Crippen LogP contribution in [0.4, 0.5) is 4.39 Å². The van der Waals surface area contributed by atoms with Gasteiger partial charge in [-0.2, -0.15) is 11.3 Å². The van der Waals surface area contributed by atoms with Crippen LogP contribution in [0.25, 0.3) is 0 Å². The van der Waals surface area contributed by atoms with Crippen molar-refractivity contribution in [1.82, 2.24) is 9.80 Å². The molecule has 0 aliphatic carbocycles. The molecular weight excluding hydrogens is 323 g/mol. The molecule has 1 aromatic heterocycles. The van der Waals surface area contributed by atoms with E-state index < -0.39 is 0 Å². The van der Waals surface area contributed by atoms with Crippen molar-refractivity contribution in [1.29, 1.82) is 0 Å². The molecule has 0 saturated carbocycles. The fourth-order valence-corrected chi connectivity index (χ4v) is 4.67. The molecule has 0 radical (unpaired) electrons. The van der Waals surface area contributed by atoms with Crippen molar-refractivity contribution in [2.75, 3.05) is 19.6 Å². The fourth-order valence-electron chi connectivity index (χ4n) is 4.01. The summed E-state index contributed by atoms with van der Waals surface area (Å²) >= 11 is 1.72. The number of thiophene rings is 1. The third-order valence-electron chi connectivity index (χ3n) is 5.28. The van der Waals surface area contributed by atoms with Crippen molar-refractivity contribution in [3.8, 4) is 0 Å². The van der Waals surface area contributed by atoms with Crippen LogP contribution in [0.15, 0.2) is 41.1 Å². The van der Waals surface area contributed by atoms with E-state index in [9.17, 15) is 9.18 Å². The number of carbonyl (C=O) groups is 1. The van der Waals surface area contributed by atoms with Crippen LogP contribution in [0.2, 0.25) is 0 Å². The van der Waals surface area contributed by atoms with Crippen LogP contribution in [0.5, 0.6) is 0 Å². The van der Waals surface area contributed by atoms with E-state index >= 15 is 0 Å². The Balaban J connectivity index is 1.41. The second-order valence-electron chi connectivity index (χ2n) is 6.98. The highest BCUT2D eigenvalue weighted by molar-refractivity contribution is 7.07. The molecule has 3 nitrogen and oxygen atoms in total. The van der Waals surface area contributed by atoms with E-state index in [1.165, 1.54) is 17.7 Å². The van der Waals surface area contributed by atoms with Gasteiger partial charge in [-0.25, -0.2) is 4.39 Å². The molecule has 0 unspecified atom stereocenters. The Morgan fingerprint density at radius 1 is 1.12 bits per heavy atom. The highest BCUT2D eigenvalue weighted by atomic mass is 32.1. The summed E-state index contributed by atoms with van der Waals surface area (Å²) in [5.74, 6) is 0.0104. The number of halogens is 1. The molecule has 0 N–H and O–H groups in total. The second-order valence-corrected chi connectivity index (χ2v) is 7.76. The molecule has 2 aliphatic heterocycles. The quantitative estimate of drug-likeness (QED) is 0.847. The third-order valence-corrected chi connectivity index (χ3v) is 6.01. The zero-order chi connectivity index (χ0) is 16.6. The Morgan fingerprint density at radius 3 is 2.79 bits per heavy atom. The predicted octanol–water partition coefficient (Wildman–Crippen LogP) is 3.51. The van der Waals surface area contributed by atoms with Crippen molar-refractivity contribution >= 4 is 17.2 Å². The van der Waals surface area contributed by atoms with Gasteiger partial charge < -0.3 is 4.90 Å². The highest BCUT2D eigenvalue weighted by Gasteiger charge is 2.50. The van der Waals surface area contributed by atoms with Crippen molar-refractivity contribution in [3.05, 3.63) is 58.0 Å². The second kappa shape index (κ2) is 6.30. The monoisotopic (exact) mass is 344 g/mol. The van der Waals surface area contributed by atoms with Gasteiger partial charge in [-0.05, 0) is 59.5 Å². The first-order valence-electron chi connectivity index (χ1n) is 8.42. The number of carbonyl (C=O) groups excluding carboxylic acids is 1. The first-order chi connectivity index (χ1) is 11.6. The minimum atomic E-state index is -0.239. The molecule has 3 heterocycles. The molecule has 2 fully saturated rings. The van der Waals surface area contributed by atoms with E-state index in [0.29, 0.717) is 6.54 Å². The van der Waals surface area contributed by atoms with Crippen LogP contribution in [-0.4, -0.2) is 35.3 Å². The maximum atomic E-state index is 13.4. The number of hydrogen-bond acceptors (Lipinski definition) is 3. The third kappa shape index (κ3) is 2.98. The Kier molecular flexibility index (Phi) is 4.14. The van der Waals surface area contributed by atoms with Crippen LogP contribution in [0.3, 0.4) is 0 Å². The van der Waals surface area contributed by atoms with E-state index in [4.69, 9.17) is 0 Å². The Hall–Kier alpha value is -1.72. The van der Waals surface area contributed by atoms with Gasteiger partial charge in [-0.3, -0.25) is 9.69 Å². The number of amides is 1. The van der Waals surface area contributed by atoms with Gasteiger partial charge in [0.25, 0.3) is 0 Å². The maximum Gasteiger partial charge on any atom is 0.230 e. The Morgan fingerprint density at radius 2 is 2.00 bits per heavy atom. The van der Waals surface area contributed by atoms with Crippen molar-refractivity contribution < 1.29 is 9.18 Å². The first-order valence-corrected chi connectivity index (χ1v) is 9.36. The molecule has 1 amide bonds. The smallest absolute Gasteiger partial charge is 0.230 e. The molecule has 1 spiro atoms. The van der Waals surface area contributed by atoms with Gasteiger partial charge in [0.05, 0.1) is 5.41 Å². The Bertz CT molecular complexity index is 733. The molecule has 1 aromatic carbocycles. The van der Waals surface area contributed by atoms with E-state index in [1.54, 1.807) is 17.4 Å². The maximum absolute atomic E-state index is 13.4. The summed E-state index contributed by atoms with van der Waals surface area (Å²) in [6.45, 7) is 4.06. The molecule has 126 valence electrons. The van der Waals surface area contributed by atoms with Crippen molar-refractivity contribution in [3.63, 3.8) is 0 Å². The highest BCUT2D eigenvalue weighted by Crippen LogP contribution is 2.41. The summed E-state index contributed by atoms with van der Waals surface area (Å²) in [6.07, 6.45) is 1.86. The lowest BCUT2D eigenvalue weighted by Gasteiger charge is -2.23. The molecule has 0 bridgehead atoms. The SMILES string of the molecule is O=C1N(Cc2cccc(F)c2)CC[C@@]12CCN(Cc1ccsc1)C2. The van der Waals surface area contributed by atoms with Crippen LogP contribution >= 0.6 is 11.3 Å². The average Bonchev–Trinajstić information content (AvgIpc) is 3.27. The molecular formula is C19H21FN2OS. The van der Waals surface area contributed by atoms with Gasteiger partial charge in [0.15, 0.2) is 0 Å². The molecule has 1 atom stereocenters. The van der Waals surface area contributed by atoms with E-state index in [0.717, 1.165) is 44.6 Å². The molecule has 24 heavy (non-hydrogen) atoms. The largest absolute Gasteiger partial charge is 0.338 e. The van der Waals surface area contributed by atoms with E-state index in [2.05, 4.69) is 21.7 Å². The van der Waals surface area contributed by atoms with Gasteiger partial charge in [-0.15, -0.1) is 0 Å². The number of benzene rings is 1.